The summed E-state index contributed by atoms with van der Waals surface area (Å²) in [7, 11) is 0. The van der Waals surface area contributed by atoms with Crippen LogP contribution in [-0.2, 0) is 4.79 Å². The summed E-state index contributed by atoms with van der Waals surface area (Å²) < 4.78 is 39.0. The molecule has 0 radical (unpaired) electrons. The van der Waals surface area contributed by atoms with Gasteiger partial charge >= 0.3 is 6.18 Å². The Morgan fingerprint density at radius 3 is 2.14 bits per heavy atom. The number of Topliss-reactive ketones (excluding diaryl/α,β-unsaturated/α-hetero) is 1. The molecule has 0 saturated heterocycles. The highest BCUT2D eigenvalue weighted by Gasteiger charge is 2.53. The van der Waals surface area contributed by atoms with Crippen LogP contribution in [0.2, 0.25) is 0 Å². The van der Waals surface area contributed by atoms with Gasteiger partial charge in [-0.25, -0.2) is 0 Å². The van der Waals surface area contributed by atoms with Gasteiger partial charge in [-0.3, -0.25) is 9.79 Å². The largest absolute Gasteiger partial charge is 0.401 e. The smallest absolute Gasteiger partial charge is 0.297 e. The zero-order chi connectivity index (χ0) is 16.8. The first-order valence-electron chi connectivity index (χ1n) is 6.56. The number of alkyl halides is 3. The summed E-state index contributed by atoms with van der Waals surface area (Å²) in [6, 6.07) is 0. The van der Waals surface area contributed by atoms with Crippen molar-refractivity contribution in [3.8, 4) is 0 Å². The minimum Gasteiger partial charge on any atom is -0.297 e. The molecule has 5 heteroatoms. The Morgan fingerprint density at radius 2 is 1.81 bits per heavy atom. The van der Waals surface area contributed by atoms with Crippen molar-refractivity contribution < 1.29 is 18.0 Å². The molecule has 0 heterocycles. The third-order valence-corrected chi connectivity index (χ3v) is 3.21. The molecule has 2 nitrogen and oxygen atoms in total. The van der Waals surface area contributed by atoms with Crippen LogP contribution in [0.15, 0.2) is 40.9 Å². The number of hydrogen-bond donors (Lipinski definition) is 0. The van der Waals surface area contributed by atoms with Crippen molar-refractivity contribution in [2.75, 3.05) is 6.54 Å². The van der Waals surface area contributed by atoms with Crippen molar-refractivity contribution in [1.82, 2.24) is 0 Å². The van der Waals surface area contributed by atoms with Crippen molar-refractivity contribution in [3.63, 3.8) is 0 Å². The van der Waals surface area contributed by atoms with Gasteiger partial charge in [0, 0.05) is 5.57 Å². The number of hydrogen-bond acceptors (Lipinski definition) is 2. The van der Waals surface area contributed by atoms with Crippen molar-refractivity contribution in [3.05, 3.63) is 36.0 Å². The van der Waals surface area contributed by atoms with Gasteiger partial charge < -0.3 is 0 Å². The molecule has 0 saturated carbocycles. The molecule has 21 heavy (non-hydrogen) atoms. The van der Waals surface area contributed by atoms with Crippen molar-refractivity contribution in [2.24, 2.45) is 16.3 Å². The van der Waals surface area contributed by atoms with Crippen LogP contribution < -0.4 is 0 Å². The van der Waals surface area contributed by atoms with Gasteiger partial charge in [-0.1, -0.05) is 38.7 Å². The summed E-state index contributed by atoms with van der Waals surface area (Å²) in [5.74, 6) is -0.942. The summed E-state index contributed by atoms with van der Waals surface area (Å²) in [5.41, 5.74) is -1.74. The van der Waals surface area contributed by atoms with E-state index < -0.39 is 17.4 Å². The maximum Gasteiger partial charge on any atom is 0.401 e. The predicted octanol–water partition coefficient (Wildman–Crippen LogP) is 4.54. The molecule has 0 bridgehead atoms. The number of allylic oxidation sites excluding steroid dienone is 4. The molecule has 0 aliphatic carbocycles. The van der Waals surface area contributed by atoms with E-state index in [0.717, 1.165) is 19.4 Å². The molecular formula is C16H22F3NO. The second kappa shape index (κ2) is 7.38. The zero-order valence-corrected chi connectivity index (χ0v) is 12.9. The number of aliphatic imine (C=N–C) groups is 1. The van der Waals surface area contributed by atoms with E-state index in [4.69, 9.17) is 0 Å². The third-order valence-electron chi connectivity index (χ3n) is 3.21. The Balaban J connectivity index is 5.79. The molecule has 0 amide bonds. The minimum atomic E-state index is -4.62. The van der Waals surface area contributed by atoms with E-state index in [1.165, 1.54) is 18.2 Å². The second-order valence-corrected chi connectivity index (χ2v) is 5.57. The second-order valence-electron chi connectivity index (χ2n) is 5.57. The molecule has 0 fully saturated rings. The Labute approximate surface area is 124 Å². The van der Waals surface area contributed by atoms with Crippen LogP contribution in [0.1, 0.15) is 27.7 Å². The first-order chi connectivity index (χ1) is 9.48. The normalized spacial score (nSPS) is 14.3. The molecule has 0 rings (SSSR count). The molecule has 0 aliphatic rings. The number of halogens is 3. The number of carbonyl (C=O) groups is 1. The fraction of sp³-hybridized carbons (Fsp3) is 0.500. The fourth-order valence-corrected chi connectivity index (χ4v) is 1.53. The zero-order valence-electron chi connectivity index (χ0n) is 12.9. The van der Waals surface area contributed by atoms with Crippen LogP contribution in [0.4, 0.5) is 13.2 Å². The molecule has 0 aromatic rings. The average Bonchev–Trinajstić information content (AvgIpc) is 2.34. The van der Waals surface area contributed by atoms with Crippen molar-refractivity contribution in [2.45, 2.75) is 33.9 Å². The van der Waals surface area contributed by atoms with Gasteiger partial charge in [0.05, 0.1) is 6.54 Å². The van der Waals surface area contributed by atoms with Gasteiger partial charge in [0.15, 0.2) is 5.78 Å². The lowest BCUT2D eigenvalue weighted by atomic mass is 9.82. The van der Waals surface area contributed by atoms with E-state index in [9.17, 15) is 18.0 Å². The van der Waals surface area contributed by atoms with Crippen molar-refractivity contribution >= 4 is 12.5 Å². The van der Waals surface area contributed by atoms with Gasteiger partial charge in [0.25, 0.3) is 0 Å². The van der Waals surface area contributed by atoms with Crippen LogP contribution in [0.25, 0.3) is 0 Å². The molecule has 0 aromatic heterocycles. The SMILES string of the molecule is C=C/C=C(\C=C(\CN=C)C(C)C)C(=O)C(C)(C)C(F)(F)F. The monoisotopic (exact) mass is 301 g/mol. The molecular weight excluding hydrogens is 279 g/mol. The Kier molecular flexibility index (Phi) is 6.80. The molecule has 0 unspecified atom stereocenters. The lowest BCUT2D eigenvalue weighted by Gasteiger charge is -2.26. The van der Waals surface area contributed by atoms with E-state index in [1.807, 2.05) is 13.8 Å². The maximum absolute atomic E-state index is 13.0. The van der Waals surface area contributed by atoms with Gasteiger partial charge in [0.1, 0.15) is 5.41 Å². The maximum atomic E-state index is 13.0. The summed E-state index contributed by atoms with van der Waals surface area (Å²) in [5, 5.41) is 0. The topological polar surface area (TPSA) is 29.4 Å². The Hall–Kier alpha value is -1.65. The fourth-order valence-electron chi connectivity index (χ4n) is 1.53. The molecule has 0 aromatic carbocycles. The number of ketones is 1. The highest BCUT2D eigenvalue weighted by Crippen LogP contribution is 2.40. The third kappa shape index (κ3) is 4.99. The van der Waals surface area contributed by atoms with E-state index in [1.54, 1.807) is 0 Å². The van der Waals surface area contributed by atoms with Gasteiger partial charge in [-0.05, 0) is 32.1 Å². The van der Waals surface area contributed by atoms with Gasteiger partial charge in [-0.2, -0.15) is 13.2 Å². The average molecular weight is 301 g/mol. The lowest BCUT2D eigenvalue weighted by Crippen LogP contribution is -2.40. The Morgan fingerprint density at radius 1 is 1.29 bits per heavy atom. The number of nitrogens with zero attached hydrogens (tertiary/aromatic N) is 1. The van der Waals surface area contributed by atoms with E-state index >= 15 is 0 Å². The van der Waals surface area contributed by atoms with Crippen LogP contribution in [0.5, 0.6) is 0 Å². The summed E-state index contributed by atoms with van der Waals surface area (Å²) >= 11 is 0. The summed E-state index contributed by atoms with van der Waals surface area (Å²) in [6.07, 6.45) is -0.569. The van der Waals surface area contributed by atoms with Crippen LogP contribution >= 0.6 is 0 Å². The van der Waals surface area contributed by atoms with Crippen LogP contribution in [0, 0.1) is 11.3 Å². The number of carbonyl (C=O) groups excluding carboxylic acids is 1. The summed E-state index contributed by atoms with van der Waals surface area (Å²) in [4.78, 5) is 16.0. The number of rotatable bonds is 7. The quantitative estimate of drug-likeness (QED) is 0.385. The summed E-state index contributed by atoms with van der Waals surface area (Å²) in [6.45, 7) is 12.6. The Bertz CT molecular complexity index is 468. The first-order valence-corrected chi connectivity index (χ1v) is 6.56. The van der Waals surface area contributed by atoms with Gasteiger partial charge in [-0.15, -0.1) is 0 Å². The van der Waals surface area contributed by atoms with Gasteiger partial charge in [0.2, 0.25) is 0 Å². The standard InChI is InChI=1S/C16H22F3NO/c1-7-8-12(9-13(10-20-6)11(2)3)14(21)15(4,5)16(17,18)19/h7-9,11H,1,6,10H2,2-5H3/b12-8+,13-9-. The molecule has 0 spiro atoms. The van der Waals surface area contributed by atoms with E-state index in [0.29, 0.717) is 0 Å². The highest BCUT2D eigenvalue weighted by molar-refractivity contribution is 6.02. The molecule has 0 atom stereocenters. The van der Waals surface area contributed by atoms with E-state index in [-0.39, 0.29) is 18.0 Å². The van der Waals surface area contributed by atoms with Crippen molar-refractivity contribution in [1.29, 1.82) is 0 Å². The minimum absolute atomic E-state index is 0.0281. The lowest BCUT2D eigenvalue weighted by molar-refractivity contribution is -0.207. The van der Waals surface area contributed by atoms with Crippen LogP contribution in [-0.4, -0.2) is 25.2 Å². The van der Waals surface area contributed by atoms with Crippen LogP contribution in [0.3, 0.4) is 0 Å². The highest BCUT2D eigenvalue weighted by atomic mass is 19.4. The molecule has 0 aliphatic heterocycles. The molecule has 118 valence electrons. The predicted molar refractivity (Wildman–Crippen MR) is 80.5 cm³/mol. The first kappa shape index (κ1) is 19.4. The molecule has 0 N–H and O–H groups in total. The van der Waals surface area contributed by atoms with E-state index in [2.05, 4.69) is 18.3 Å².